The van der Waals surface area contributed by atoms with Crippen LogP contribution in [0.3, 0.4) is 0 Å². The van der Waals surface area contributed by atoms with Crippen LogP contribution in [0.15, 0.2) is 18.2 Å². The molecule has 0 aliphatic heterocycles. The van der Waals surface area contributed by atoms with Crippen LogP contribution in [0.4, 0.5) is 5.69 Å². The summed E-state index contributed by atoms with van der Waals surface area (Å²) in [6.07, 6.45) is 4.20. The molecule has 1 aromatic carbocycles. The van der Waals surface area contributed by atoms with Crippen molar-refractivity contribution in [1.82, 2.24) is 5.32 Å². The number of carbonyl (C=O) groups is 1. The molecule has 2 unspecified atom stereocenters. The molecular weight excluding hydrogens is 292 g/mol. The topological polar surface area (TPSA) is 72.2 Å². The molecule has 0 saturated heterocycles. The van der Waals surface area contributed by atoms with Crippen molar-refractivity contribution in [2.75, 3.05) is 6.54 Å². The van der Waals surface area contributed by atoms with E-state index in [9.17, 15) is 14.9 Å². The third kappa shape index (κ3) is 3.94. The van der Waals surface area contributed by atoms with Gasteiger partial charge in [0.2, 0.25) is 0 Å². The van der Waals surface area contributed by atoms with E-state index in [0.29, 0.717) is 6.54 Å². The first-order valence-electron chi connectivity index (χ1n) is 7.16. The van der Waals surface area contributed by atoms with E-state index >= 15 is 0 Å². The van der Waals surface area contributed by atoms with Crippen LogP contribution < -0.4 is 5.32 Å². The molecule has 2 atom stereocenters. The summed E-state index contributed by atoms with van der Waals surface area (Å²) >= 11 is 6.26. The quantitative estimate of drug-likeness (QED) is 0.526. The van der Waals surface area contributed by atoms with Crippen molar-refractivity contribution in [2.45, 2.75) is 38.0 Å². The SMILES string of the molecule is Cc1ccc([N+](=O)[O-])c(C(=O)NCC2CCCCC2Cl)c1. The third-order valence-electron chi connectivity index (χ3n) is 3.93. The molecule has 0 bridgehead atoms. The average Bonchev–Trinajstić information content (AvgIpc) is 2.45. The lowest BCUT2D eigenvalue weighted by atomic mass is 9.88. The van der Waals surface area contributed by atoms with Crippen molar-refractivity contribution in [2.24, 2.45) is 5.92 Å². The number of carbonyl (C=O) groups excluding carboxylic acids is 1. The van der Waals surface area contributed by atoms with Crippen LogP contribution in [0.25, 0.3) is 0 Å². The number of halogens is 1. The minimum atomic E-state index is -0.528. The zero-order valence-corrected chi connectivity index (χ0v) is 12.7. The van der Waals surface area contributed by atoms with Crippen molar-refractivity contribution >= 4 is 23.2 Å². The number of hydrogen-bond donors (Lipinski definition) is 1. The predicted octanol–water partition coefficient (Wildman–Crippen LogP) is 3.43. The first-order valence-corrected chi connectivity index (χ1v) is 7.60. The molecule has 1 aliphatic rings. The number of hydrogen-bond acceptors (Lipinski definition) is 3. The molecule has 0 aromatic heterocycles. The van der Waals surface area contributed by atoms with Crippen LogP contribution in [0.1, 0.15) is 41.6 Å². The lowest BCUT2D eigenvalue weighted by Gasteiger charge is -2.27. The number of alkyl halides is 1. The Morgan fingerprint density at radius 2 is 2.14 bits per heavy atom. The van der Waals surface area contributed by atoms with Gasteiger partial charge < -0.3 is 5.32 Å². The van der Waals surface area contributed by atoms with Crippen LogP contribution >= 0.6 is 11.6 Å². The average molecular weight is 311 g/mol. The Morgan fingerprint density at radius 1 is 1.43 bits per heavy atom. The molecule has 1 saturated carbocycles. The van der Waals surface area contributed by atoms with Gasteiger partial charge in [0.05, 0.1) is 4.92 Å². The summed E-state index contributed by atoms with van der Waals surface area (Å²) in [7, 11) is 0. The second-order valence-corrected chi connectivity index (χ2v) is 6.11. The minimum absolute atomic E-state index is 0.0755. The molecule has 0 spiro atoms. The number of nitro benzene ring substituents is 1. The highest BCUT2D eigenvalue weighted by atomic mass is 35.5. The Morgan fingerprint density at radius 3 is 2.81 bits per heavy atom. The maximum absolute atomic E-state index is 12.2. The molecule has 0 radical (unpaired) electrons. The molecule has 6 heteroatoms. The van der Waals surface area contributed by atoms with Crippen molar-refractivity contribution < 1.29 is 9.72 Å². The third-order valence-corrected chi connectivity index (χ3v) is 4.51. The fourth-order valence-electron chi connectivity index (χ4n) is 2.70. The number of nitrogens with one attached hydrogen (secondary N) is 1. The molecular formula is C15H19ClN2O3. The highest BCUT2D eigenvalue weighted by Gasteiger charge is 2.25. The molecule has 1 aromatic rings. The maximum Gasteiger partial charge on any atom is 0.282 e. The number of nitrogens with zero attached hydrogens (tertiary/aromatic N) is 1. The second-order valence-electron chi connectivity index (χ2n) is 5.55. The lowest BCUT2D eigenvalue weighted by molar-refractivity contribution is -0.385. The van der Waals surface area contributed by atoms with E-state index in [-0.39, 0.29) is 22.5 Å². The Balaban J connectivity index is 2.06. The summed E-state index contributed by atoms with van der Waals surface area (Å²) in [5, 5.41) is 13.9. The maximum atomic E-state index is 12.2. The van der Waals surface area contributed by atoms with Gasteiger partial charge in [-0.3, -0.25) is 14.9 Å². The summed E-state index contributed by atoms with van der Waals surface area (Å²) in [4.78, 5) is 22.7. The molecule has 1 aliphatic carbocycles. The van der Waals surface area contributed by atoms with Gasteiger partial charge >= 0.3 is 0 Å². The van der Waals surface area contributed by atoms with Gasteiger partial charge in [0.1, 0.15) is 5.56 Å². The van der Waals surface area contributed by atoms with Gasteiger partial charge in [-0.05, 0) is 37.3 Å². The first-order chi connectivity index (χ1) is 9.99. The van der Waals surface area contributed by atoms with E-state index < -0.39 is 10.8 Å². The van der Waals surface area contributed by atoms with E-state index in [1.54, 1.807) is 19.1 Å². The summed E-state index contributed by atoms with van der Waals surface area (Å²) in [5.74, 6) is -0.159. The molecule has 21 heavy (non-hydrogen) atoms. The highest BCUT2D eigenvalue weighted by molar-refractivity contribution is 6.20. The van der Waals surface area contributed by atoms with E-state index in [1.807, 2.05) is 0 Å². The Hall–Kier alpha value is -1.62. The van der Waals surface area contributed by atoms with Gasteiger partial charge in [-0.25, -0.2) is 0 Å². The Bertz CT molecular complexity index is 548. The van der Waals surface area contributed by atoms with Gasteiger partial charge in [0.15, 0.2) is 0 Å². The van der Waals surface area contributed by atoms with Crippen LogP contribution in [0.5, 0.6) is 0 Å². The van der Waals surface area contributed by atoms with Gasteiger partial charge in [0.25, 0.3) is 11.6 Å². The summed E-state index contributed by atoms with van der Waals surface area (Å²) in [6, 6.07) is 4.55. The number of amides is 1. The van der Waals surface area contributed by atoms with Crippen molar-refractivity contribution in [1.29, 1.82) is 0 Å². The van der Waals surface area contributed by atoms with E-state index in [2.05, 4.69) is 5.32 Å². The number of nitro groups is 1. The molecule has 114 valence electrons. The van der Waals surface area contributed by atoms with Crippen LogP contribution in [-0.2, 0) is 0 Å². The Labute approximate surface area is 128 Å². The van der Waals surface area contributed by atoms with Crippen molar-refractivity contribution in [3.63, 3.8) is 0 Å². The number of benzene rings is 1. The number of aryl methyl sites for hydroxylation is 1. The van der Waals surface area contributed by atoms with Gasteiger partial charge in [0, 0.05) is 18.0 Å². The van der Waals surface area contributed by atoms with E-state index in [0.717, 1.165) is 31.2 Å². The zero-order valence-electron chi connectivity index (χ0n) is 12.0. The van der Waals surface area contributed by atoms with Crippen molar-refractivity contribution in [3.05, 3.63) is 39.4 Å². The summed E-state index contributed by atoms with van der Waals surface area (Å²) in [6.45, 7) is 2.27. The van der Waals surface area contributed by atoms with Crippen molar-refractivity contribution in [3.8, 4) is 0 Å². The highest BCUT2D eigenvalue weighted by Crippen LogP contribution is 2.28. The first kappa shape index (κ1) is 15.8. The van der Waals surface area contributed by atoms with Crippen LogP contribution in [0.2, 0.25) is 0 Å². The minimum Gasteiger partial charge on any atom is -0.351 e. The van der Waals surface area contributed by atoms with Gasteiger partial charge in [-0.1, -0.05) is 18.9 Å². The summed E-state index contributed by atoms with van der Waals surface area (Å²) < 4.78 is 0. The summed E-state index contributed by atoms with van der Waals surface area (Å²) in [5.41, 5.74) is 0.768. The largest absolute Gasteiger partial charge is 0.351 e. The Kier molecular flexibility index (Phi) is 5.17. The molecule has 2 rings (SSSR count). The van der Waals surface area contributed by atoms with Gasteiger partial charge in [-0.15, -0.1) is 11.6 Å². The van der Waals surface area contributed by atoms with Crippen LogP contribution in [0, 0.1) is 23.0 Å². The molecule has 1 N–H and O–H groups in total. The predicted molar refractivity (Wildman–Crippen MR) is 81.8 cm³/mol. The molecule has 5 nitrogen and oxygen atoms in total. The van der Waals surface area contributed by atoms with E-state index in [1.165, 1.54) is 6.07 Å². The number of rotatable bonds is 4. The normalized spacial score (nSPS) is 21.8. The monoisotopic (exact) mass is 310 g/mol. The smallest absolute Gasteiger partial charge is 0.282 e. The molecule has 1 amide bonds. The van der Waals surface area contributed by atoms with Gasteiger partial charge in [-0.2, -0.15) is 0 Å². The fraction of sp³-hybridized carbons (Fsp3) is 0.533. The second kappa shape index (κ2) is 6.89. The van der Waals surface area contributed by atoms with E-state index in [4.69, 9.17) is 11.6 Å². The standard InChI is InChI=1S/C15H19ClN2O3/c1-10-6-7-14(18(20)21)12(8-10)15(19)17-9-11-4-2-3-5-13(11)16/h6-8,11,13H,2-5,9H2,1H3,(H,17,19). The lowest BCUT2D eigenvalue weighted by Crippen LogP contribution is -2.35. The molecule has 0 heterocycles. The fourth-order valence-corrected chi connectivity index (χ4v) is 3.07. The van der Waals surface area contributed by atoms with Crippen LogP contribution in [-0.4, -0.2) is 22.8 Å². The zero-order chi connectivity index (χ0) is 15.4. The molecule has 1 fully saturated rings.